The fourth-order valence-electron chi connectivity index (χ4n) is 5.98. The molecule has 7 heteroatoms. The van der Waals surface area contributed by atoms with Gasteiger partial charge in [0.2, 0.25) is 0 Å². The number of hydrogen-bond donors (Lipinski definition) is 3. The van der Waals surface area contributed by atoms with E-state index in [4.69, 9.17) is 15.3 Å². The van der Waals surface area contributed by atoms with Crippen molar-refractivity contribution in [3.8, 4) is 0 Å². The van der Waals surface area contributed by atoms with Gasteiger partial charge in [-0.1, -0.05) is 173 Å². The third-order valence-corrected chi connectivity index (χ3v) is 9.46. The Hall–Kier alpha value is -1.01. The first-order valence-electron chi connectivity index (χ1n) is 22.9. The standard InChI is InChI=1S/3C16H30O2.Pr/c3*1-2-3-4-5-6-7-8-9-10-11-12-13-14-15-16(17)18;/h3*7-8H,2-6,9-15H2,1H3,(H,17,18);/b3*8-7-;. The van der Waals surface area contributed by atoms with Crippen LogP contribution in [0.3, 0.4) is 0 Å². The number of carboxylic acid groups (broad SMARTS) is 3. The first-order valence-corrected chi connectivity index (χ1v) is 22.9. The van der Waals surface area contributed by atoms with Crippen LogP contribution in [0.1, 0.15) is 252 Å². The third kappa shape index (κ3) is 71.2. The van der Waals surface area contributed by atoms with Gasteiger partial charge in [-0.3, -0.25) is 14.4 Å². The molecular weight excluding hydrogens is 813 g/mol. The van der Waals surface area contributed by atoms with Gasteiger partial charge in [0.1, 0.15) is 0 Å². The van der Waals surface area contributed by atoms with E-state index < -0.39 is 17.9 Å². The number of carbonyl (C=O) groups is 3. The minimum Gasteiger partial charge on any atom is -0.481 e. The van der Waals surface area contributed by atoms with Crippen LogP contribution < -0.4 is 0 Å². The predicted octanol–water partition coefficient (Wildman–Crippen LogP) is 16.0. The Balaban J connectivity index is -0.000000351. The van der Waals surface area contributed by atoms with Crippen LogP contribution in [-0.4, -0.2) is 33.2 Å². The van der Waals surface area contributed by atoms with Crippen LogP contribution in [0.5, 0.6) is 0 Å². The molecule has 0 aromatic heterocycles. The van der Waals surface area contributed by atoms with Gasteiger partial charge in [-0.2, -0.15) is 0 Å². The van der Waals surface area contributed by atoms with Crippen LogP contribution in [0.25, 0.3) is 0 Å². The third-order valence-electron chi connectivity index (χ3n) is 9.46. The zero-order valence-corrected chi connectivity index (χ0v) is 40.3. The van der Waals surface area contributed by atoms with Gasteiger partial charge in [0.25, 0.3) is 0 Å². The molecule has 321 valence electrons. The summed E-state index contributed by atoms with van der Waals surface area (Å²) in [7, 11) is 0. The maximum Gasteiger partial charge on any atom is 0.303 e. The van der Waals surface area contributed by atoms with Gasteiger partial charge in [0, 0.05) is 60.6 Å². The molecule has 1 radical (unpaired) electrons. The molecule has 0 spiro atoms. The van der Waals surface area contributed by atoms with Crippen LogP contribution in [0, 0.1) is 41.3 Å². The van der Waals surface area contributed by atoms with Gasteiger partial charge in [-0.25, -0.2) is 0 Å². The van der Waals surface area contributed by atoms with Crippen molar-refractivity contribution >= 4 is 17.9 Å². The Kier molecular flexibility index (Phi) is 63.2. The molecule has 0 aliphatic heterocycles. The van der Waals surface area contributed by atoms with E-state index in [9.17, 15) is 14.4 Å². The van der Waals surface area contributed by atoms with E-state index in [-0.39, 0.29) is 41.3 Å². The van der Waals surface area contributed by atoms with Crippen molar-refractivity contribution in [1.82, 2.24) is 0 Å². The van der Waals surface area contributed by atoms with Crippen molar-refractivity contribution in [3.05, 3.63) is 36.5 Å². The van der Waals surface area contributed by atoms with Crippen molar-refractivity contribution in [2.45, 2.75) is 252 Å². The van der Waals surface area contributed by atoms with Gasteiger partial charge >= 0.3 is 17.9 Å². The van der Waals surface area contributed by atoms with E-state index in [2.05, 4.69) is 57.2 Å². The molecule has 6 nitrogen and oxygen atoms in total. The molecule has 0 rings (SSSR count). The molecule has 0 saturated carbocycles. The number of allylic oxidation sites excluding steroid dienone is 6. The Morgan fingerprint density at radius 1 is 0.291 bits per heavy atom. The summed E-state index contributed by atoms with van der Waals surface area (Å²) in [4.78, 5) is 30.9. The van der Waals surface area contributed by atoms with E-state index in [1.54, 1.807) is 0 Å². The second kappa shape index (κ2) is 57.3. The molecule has 0 heterocycles. The van der Waals surface area contributed by atoms with Crippen molar-refractivity contribution in [3.63, 3.8) is 0 Å². The predicted molar refractivity (Wildman–Crippen MR) is 234 cm³/mol. The number of aliphatic carboxylic acids is 3. The van der Waals surface area contributed by atoms with Crippen LogP contribution >= 0.6 is 0 Å². The normalized spacial score (nSPS) is 11.0. The van der Waals surface area contributed by atoms with Gasteiger partial charge in [0.05, 0.1) is 0 Å². The van der Waals surface area contributed by atoms with Crippen molar-refractivity contribution in [2.24, 2.45) is 0 Å². The molecule has 3 N–H and O–H groups in total. The van der Waals surface area contributed by atoms with Crippen molar-refractivity contribution in [2.75, 3.05) is 0 Å². The molecule has 0 atom stereocenters. The molecule has 0 aliphatic rings. The summed E-state index contributed by atoms with van der Waals surface area (Å²) in [5, 5.41) is 25.4. The molecule has 0 saturated heterocycles. The maximum atomic E-state index is 10.3. The largest absolute Gasteiger partial charge is 0.481 e. The summed E-state index contributed by atoms with van der Waals surface area (Å²) >= 11 is 0. The fraction of sp³-hybridized carbons (Fsp3) is 0.812. The number of carboxylic acids is 3. The second-order valence-corrected chi connectivity index (χ2v) is 15.1. The van der Waals surface area contributed by atoms with E-state index in [1.165, 1.54) is 173 Å². The van der Waals surface area contributed by atoms with Crippen LogP contribution in [0.15, 0.2) is 36.5 Å². The SMILES string of the molecule is CCCCCC/C=C\CCCCCCCC(=O)O.CCCCCC/C=C\CCCCCCCC(=O)O.CCCCCC/C=C\CCCCCCCC(=O)O.[Pr]. The second-order valence-electron chi connectivity index (χ2n) is 15.1. The average molecular weight is 904 g/mol. The number of rotatable bonds is 39. The minimum absolute atomic E-state index is 0. The Morgan fingerprint density at radius 2 is 0.455 bits per heavy atom. The van der Waals surface area contributed by atoms with E-state index >= 15 is 0 Å². The van der Waals surface area contributed by atoms with Gasteiger partial charge in [-0.15, -0.1) is 0 Å². The summed E-state index contributed by atoms with van der Waals surface area (Å²) < 4.78 is 0. The van der Waals surface area contributed by atoms with E-state index in [1.807, 2.05) is 0 Å². The zero-order valence-electron chi connectivity index (χ0n) is 36.6. The monoisotopic (exact) mass is 904 g/mol. The Morgan fingerprint density at radius 3 is 0.636 bits per heavy atom. The maximum absolute atomic E-state index is 10.3. The summed E-state index contributed by atoms with van der Waals surface area (Å²) in [6.07, 6.45) is 55.0. The Labute approximate surface area is 374 Å². The minimum atomic E-state index is -0.666. The molecule has 0 fully saturated rings. The summed E-state index contributed by atoms with van der Waals surface area (Å²) in [6.45, 7) is 6.73. The average Bonchev–Trinajstić information content (AvgIpc) is 3.14. The summed E-state index contributed by atoms with van der Waals surface area (Å²) in [5.74, 6) is -2.00. The molecule has 0 aromatic carbocycles. The number of unbranched alkanes of at least 4 members (excludes halogenated alkanes) is 27. The first kappa shape index (κ1) is 60.7. The molecule has 0 bridgehead atoms. The van der Waals surface area contributed by atoms with Crippen LogP contribution in [0.2, 0.25) is 0 Å². The molecule has 0 amide bonds. The van der Waals surface area contributed by atoms with Crippen molar-refractivity contribution < 1.29 is 71.0 Å². The first-order chi connectivity index (χ1) is 26.3. The quantitative estimate of drug-likeness (QED) is 0.0418. The summed E-state index contributed by atoms with van der Waals surface area (Å²) in [6, 6.07) is 0. The van der Waals surface area contributed by atoms with E-state index in [0.717, 1.165) is 38.5 Å². The fourth-order valence-corrected chi connectivity index (χ4v) is 5.98. The molecular formula is C48H90O6Pr. The molecule has 0 aromatic rings. The topological polar surface area (TPSA) is 112 Å². The number of hydrogen-bond acceptors (Lipinski definition) is 3. The Bertz CT molecular complexity index is 744. The van der Waals surface area contributed by atoms with Crippen molar-refractivity contribution in [1.29, 1.82) is 0 Å². The summed E-state index contributed by atoms with van der Waals surface area (Å²) in [5.41, 5.74) is 0. The zero-order chi connectivity index (χ0) is 40.4. The molecule has 0 aliphatic carbocycles. The van der Waals surface area contributed by atoms with Gasteiger partial charge in [-0.05, 0) is 96.3 Å². The van der Waals surface area contributed by atoms with Crippen LogP contribution in [-0.2, 0) is 14.4 Å². The smallest absolute Gasteiger partial charge is 0.303 e. The van der Waals surface area contributed by atoms with Crippen LogP contribution in [0.4, 0.5) is 0 Å². The van der Waals surface area contributed by atoms with E-state index in [0.29, 0.717) is 19.3 Å². The molecule has 55 heavy (non-hydrogen) atoms. The van der Waals surface area contributed by atoms with Gasteiger partial charge < -0.3 is 15.3 Å². The van der Waals surface area contributed by atoms with Gasteiger partial charge in [0.15, 0.2) is 0 Å². The molecule has 0 unspecified atom stereocenters.